The van der Waals surface area contributed by atoms with Crippen molar-refractivity contribution in [1.29, 1.82) is 0 Å². The highest BCUT2D eigenvalue weighted by molar-refractivity contribution is 5.90. The van der Waals surface area contributed by atoms with Gasteiger partial charge >= 0.3 is 0 Å². The van der Waals surface area contributed by atoms with Crippen LogP contribution in [0.1, 0.15) is 17.5 Å². The summed E-state index contributed by atoms with van der Waals surface area (Å²) in [6.07, 6.45) is 0. The summed E-state index contributed by atoms with van der Waals surface area (Å²) in [4.78, 5) is 28.7. The number of nitrogens with zero attached hydrogens (tertiary/aromatic N) is 3. The fourth-order valence-electron chi connectivity index (χ4n) is 2.25. The highest BCUT2D eigenvalue weighted by atomic mass is 16.5. The molecule has 2 aromatic carbocycles. The van der Waals surface area contributed by atoms with Crippen molar-refractivity contribution in [3.05, 3.63) is 70.8 Å². The largest absolute Gasteiger partial charge is 0.497 e. The van der Waals surface area contributed by atoms with E-state index in [1.807, 2.05) is 18.2 Å². The van der Waals surface area contributed by atoms with Gasteiger partial charge in [-0.3, -0.25) is 9.59 Å². The minimum Gasteiger partial charge on any atom is -0.497 e. The van der Waals surface area contributed by atoms with E-state index in [0.717, 1.165) is 0 Å². The molecule has 0 saturated heterocycles. The molecule has 24 heavy (non-hydrogen) atoms. The van der Waals surface area contributed by atoms with E-state index in [1.165, 1.54) is 11.6 Å². The summed E-state index contributed by atoms with van der Waals surface area (Å²) in [5, 5.41) is 4.09. The number of ketones is 1. The third kappa shape index (κ3) is 2.94. The van der Waals surface area contributed by atoms with E-state index in [1.54, 1.807) is 43.5 Å². The molecule has 0 spiro atoms. The Morgan fingerprint density at radius 2 is 1.71 bits per heavy atom. The van der Waals surface area contributed by atoms with Crippen molar-refractivity contribution in [3.63, 3.8) is 0 Å². The number of hydrogen-bond acceptors (Lipinski definition) is 5. The van der Waals surface area contributed by atoms with Crippen molar-refractivity contribution in [2.45, 2.75) is 6.92 Å². The molecular weight excluding hydrogens is 306 g/mol. The Labute approximate surface area is 138 Å². The monoisotopic (exact) mass is 321 g/mol. The number of hydrogen-bond donors (Lipinski definition) is 0. The number of ether oxygens (including phenoxy) is 1. The first-order chi connectivity index (χ1) is 11.6. The zero-order valence-corrected chi connectivity index (χ0v) is 13.3. The molecule has 0 amide bonds. The third-order valence-electron chi connectivity index (χ3n) is 3.49. The number of benzene rings is 2. The second kappa shape index (κ2) is 6.45. The summed E-state index contributed by atoms with van der Waals surface area (Å²) in [6.45, 7) is 1.37. The van der Waals surface area contributed by atoms with E-state index in [-0.39, 0.29) is 17.3 Å². The van der Waals surface area contributed by atoms with Gasteiger partial charge in [0.2, 0.25) is 5.82 Å². The highest BCUT2D eigenvalue weighted by Gasteiger charge is 2.15. The van der Waals surface area contributed by atoms with Gasteiger partial charge in [0.15, 0.2) is 5.78 Å². The molecule has 0 N–H and O–H groups in total. The maximum Gasteiger partial charge on any atom is 0.298 e. The van der Waals surface area contributed by atoms with Gasteiger partial charge in [0.05, 0.1) is 12.8 Å². The first-order valence-corrected chi connectivity index (χ1v) is 7.32. The summed E-state index contributed by atoms with van der Waals surface area (Å²) in [5.74, 6) is 0.342. The van der Waals surface area contributed by atoms with Crippen LogP contribution >= 0.6 is 0 Å². The Kier molecular flexibility index (Phi) is 4.20. The molecule has 0 aliphatic rings. The van der Waals surface area contributed by atoms with Gasteiger partial charge in [0.1, 0.15) is 11.4 Å². The second-order valence-electron chi connectivity index (χ2n) is 5.12. The Hall–Kier alpha value is -3.28. The third-order valence-corrected chi connectivity index (χ3v) is 3.49. The molecule has 0 saturated carbocycles. The molecule has 0 fully saturated rings. The molecule has 1 aromatic heterocycles. The molecule has 0 atom stereocenters. The Balaban J connectivity index is 2.23. The molecule has 120 valence electrons. The van der Waals surface area contributed by atoms with Crippen LogP contribution in [0.3, 0.4) is 0 Å². The van der Waals surface area contributed by atoms with Gasteiger partial charge in [0, 0.05) is 12.5 Å². The lowest BCUT2D eigenvalue weighted by Gasteiger charge is -2.09. The van der Waals surface area contributed by atoms with Crippen LogP contribution in [0.2, 0.25) is 0 Å². The smallest absolute Gasteiger partial charge is 0.298 e. The molecule has 0 aliphatic heterocycles. The normalized spacial score (nSPS) is 10.4. The van der Waals surface area contributed by atoms with Crippen LogP contribution in [0.25, 0.3) is 16.9 Å². The van der Waals surface area contributed by atoms with Crippen LogP contribution < -0.4 is 10.3 Å². The average Bonchev–Trinajstić information content (AvgIpc) is 2.62. The Bertz CT molecular complexity index is 932. The molecule has 6 nitrogen and oxygen atoms in total. The molecule has 0 radical (unpaired) electrons. The predicted octanol–water partition coefficient (Wildman–Crippen LogP) is 2.51. The number of methoxy groups -OCH3 is 1. The zero-order chi connectivity index (χ0) is 17.1. The van der Waals surface area contributed by atoms with Crippen molar-refractivity contribution < 1.29 is 9.53 Å². The van der Waals surface area contributed by atoms with Crippen LogP contribution in [0, 0.1) is 0 Å². The van der Waals surface area contributed by atoms with Gasteiger partial charge in [-0.05, 0) is 24.3 Å². The molecule has 0 unspecified atom stereocenters. The van der Waals surface area contributed by atoms with Gasteiger partial charge in [-0.15, -0.1) is 5.10 Å². The predicted molar refractivity (Wildman–Crippen MR) is 89.6 cm³/mol. The second-order valence-corrected chi connectivity index (χ2v) is 5.12. The maximum atomic E-state index is 12.8. The van der Waals surface area contributed by atoms with Crippen LogP contribution in [-0.2, 0) is 0 Å². The Morgan fingerprint density at radius 3 is 2.29 bits per heavy atom. The van der Waals surface area contributed by atoms with Gasteiger partial charge in [0.25, 0.3) is 5.56 Å². The molecule has 0 aliphatic carbocycles. The van der Waals surface area contributed by atoms with Crippen LogP contribution in [0.4, 0.5) is 0 Å². The van der Waals surface area contributed by atoms with Gasteiger partial charge in [-0.25, -0.2) is 4.98 Å². The van der Waals surface area contributed by atoms with E-state index in [2.05, 4.69) is 10.1 Å². The van der Waals surface area contributed by atoms with Crippen molar-refractivity contribution in [1.82, 2.24) is 14.8 Å². The van der Waals surface area contributed by atoms with E-state index in [0.29, 0.717) is 17.0 Å². The molecule has 6 heteroatoms. The SMILES string of the molecule is COc1ccc(-n2nc(C(C)=O)nc(-c3ccccc3)c2=O)cc1. The minimum atomic E-state index is -0.392. The van der Waals surface area contributed by atoms with E-state index >= 15 is 0 Å². The van der Waals surface area contributed by atoms with E-state index in [4.69, 9.17) is 4.74 Å². The van der Waals surface area contributed by atoms with Crippen LogP contribution in [0.5, 0.6) is 5.75 Å². The fraction of sp³-hybridized carbons (Fsp3) is 0.111. The average molecular weight is 321 g/mol. The summed E-state index contributed by atoms with van der Waals surface area (Å²) < 4.78 is 6.30. The summed E-state index contributed by atoms with van der Waals surface area (Å²) in [7, 11) is 1.56. The number of carbonyl (C=O) groups excluding carboxylic acids is 1. The van der Waals surface area contributed by atoms with Gasteiger partial charge < -0.3 is 4.74 Å². The number of Topliss-reactive ketones (excluding diaryl/α,β-unsaturated/α-hetero) is 1. The van der Waals surface area contributed by atoms with Crippen LogP contribution in [-0.4, -0.2) is 27.7 Å². The minimum absolute atomic E-state index is 0.00993. The molecule has 3 rings (SSSR count). The van der Waals surface area contributed by atoms with Crippen molar-refractivity contribution in [2.75, 3.05) is 7.11 Å². The Morgan fingerprint density at radius 1 is 1.04 bits per heavy atom. The summed E-state index contributed by atoms with van der Waals surface area (Å²) >= 11 is 0. The standard InChI is InChI=1S/C18H15N3O3/c1-12(22)17-19-16(13-6-4-3-5-7-13)18(23)21(20-17)14-8-10-15(24-2)11-9-14/h3-11H,1-2H3. The maximum absolute atomic E-state index is 12.8. The number of carbonyl (C=O) groups is 1. The molecular formula is C18H15N3O3. The fourth-order valence-corrected chi connectivity index (χ4v) is 2.25. The molecule has 0 bridgehead atoms. The van der Waals surface area contributed by atoms with E-state index < -0.39 is 5.56 Å². The number of rotatable bonds is 4. The van der Waals surface area contributed by atoms with Gasteiger partial charge in [-0.2, -0.15) is 4.68 Å². The zero-order valence-electron chi connectivity index (χ0n) is 13.3. The molecule has 3 aromatic rings. The van der Waals surface area contributed by atoms with Crippen molar-refractivity contribution in [2.24, 2.45) is 0 Å². The van der Waals surface area contributed by atoms with Gasteiger partial charge in [-0.1, -0.05) is 30.3 Å². The quantitative estimate of drug-likeness (QED) is 0.690. The topological polar surface area (TPSA) is 74.1 Å². The van der Waals surface area contributed by atoms with Crippen LogP contribution in [0.15, 0.2) is 59.4 Å². The lowest BCUT2D eigenvalue weighted by molar-refractivity contribution is 0.100. The summed E-state index contributed by atoms with van der Waals surface area (Å²) in [6, 6.07) is 15.8. The van der Waals surface area contributed by atoms with E-state index in [9.17, 15) is 9.59 Å². The first kappa shape index (κ1) is 15.6. The van der Waals surface area contributed by atoms with Crippen molar-refractivity contribution in [3.8, 4) is 22.7 Å². The van der Waals surface area contributed by atoms with Crippen molar-refractivity contribution >= 4 is 5.78 Å². The first-order valence-electron chi connectivity index (χ1n) is 7.32. The lowest BCUT2D eigenvalue weighted by Crippen LogP contribution is -2.27. The lowest BCUT2D eigenvalue weighted by atomic mass is 10.1. The molecule has 1 heterocycles. The highest BCUT2D eigenvalue weighted by Crippen LogP contribution is 2.16. The number of aromatic nitrogens is 3. The summed E-state index contributed by atoms with van der Waals surface area (Å²) in [5.41, 5.74) is 0.959.